The molecule has 8 atom stereocenters. The number of unbranched alkanes of at least 4 members (excludes halogenated alkanes) is 4. The quantitative estimate of drug-likeness (QED) is 0.135. The number of benzene rings is 1. The van der Waals surface area contributed by atoms with Gasteiger partial charge in [0.1, 0.15) is 25.4 Å². The van der Waals surface area contributed by atoms with E-state index in [-0.39, 0.29) is 73.2 Å². The molecule has 4 saturated heterocycles. The van der Waals surface area contributed by atoms with Crippen LogP contribution in [-0.2, 0) is 41.3 Å². The van der Waals surface area contributed by atoms with Crippen molar-refractivity contribution in [3.63, 3.8) is 0 Å². The van der Waals surface area contributed by atoms with Gasteiger partial charge in [0.15, 0.2) is 0 Å². The first-order valence-electron chi connectivity index (χ1n) is 15.5. The number of carbonyl (C=O) groups is 2. The standard InChI is InChI=1S/C32H46O8/c1-5-7-9-11-24-28(39-24)17-35-31(33)22-14-13-21(15-26-19(3)37-26)23(16-27-20(4)38-27)30(22)32(34)36-18-29-25(40-29)12-10-8-6-2/h13-14,19-20,24-29H,5-12,15-18H2,1-4H3. The number of hydrogen-bond acceptors (Lipinski definition) is 8. The van der Waals surface area contributed by atoms with Gasteiger partial charge in [0.25, 0.3) is 0 Å². The molecule has 0 N–H and O–H groups in total. The van der Waals surface area contributed by atoms with Crippen LogP contribution in [0.4, 0.5) is 0 Å². The second-order valence-electron chi connectivity index (χ2n) is 11.9. The highest BCUT2D eigenvalue weighted by Crippen LogP contribution is 2.35. The Morgan fingerprint density at radius 1 is 0.675 bits per heavy atom. The van der Waals surface area contributed by atoms with Gasteiger partial charge in [-0.05, 0) is 43.9 Å². The summed E-state index contributed by atoms with van der Waals surface area (Å²) in [6.07, 6.45) is 10.6. The van der Waals surface area contributed by atoms with E-state index in [1.165, 1.54) is 12.8 Å². The molecule has 4 fully saturated rings. The highest BCUT2D eigenvalue weighted by Gasteiger charge is 2.42. The van der Waals surface area contributed by atoms with E-state index in [0.29, 0.717) is 12.8 Å². The van der Waals surface area contributed by atoms with Crippen molar-refractivity contribution in [2.75, 3.05) is 13.2 Å². The molecule has 0 radical (unpaired) electrons. The zero-order valence-electron chi connectivity index (χ0n) is 24.5. The van der Waals surface area contributed by atoms with Crippen LogP contribution in [0, 0.1) is 0 Å². The first-order chi connectivity index (χ1) is 19.4. The van der Waals surface area contributed by atoms with Crippen LogP contribution in [0.1, 0.15) is 111 Å². The molecule has 4 aliphatic heterocycles. The summed E-state index contributed by atoms with van der Waals surface area (Å²) in [6, 6.07) is 3.63. The number of esters is 2. The number of ether oxygens (including phenoxy) is 6. The molecule has 8 unspecified atom stereocenters. The van der Waals surface area contributed by atoms with Gasteiger partial charge in [0, 0.05) is 12.8 Å². The van der Waals surface area contributed by atoms with Crippen LogP contribution in [0.3, 0.4) is 0 Å². The molecule has 40 heavy (non-hydrogen) atoms. The van der Waals surface area contributed by atoms with Gasteiger partial charge in [0.05, 0.1) is 47.8 Å². The number of epoxide rings is 4. The minimum atomic E-state index is -0.525. The average Bonchev–Trinajstić information content (AvgIpc) is 3.77. The summed E-state index contributed by atoms with van der Waals surface area (Å²) in [5.74, 6) is -1.03. The maximum absolute atomic E-state index is 13.7. The summed E-state index contributed by atoms with van der Waals surface area (Å²) in [5, 5.41) is 0. The van der Waals surface area contributed by atoms with Crippen molar-refractivity contribution in [3.8, 4) is 0 Å². The van der Waals surface area contributed by atoms with Gasteiger partial charge >= 0.3 is 11.9 Å². The number of rotatable bonds is 18. The fraction of sp³-hybridized carbons (Fsp3) is 0.750. The van der Waals surface area contributed by atoms with Crippen molar-refractivity contribution < 1.29 is 38.0 Å². The second kappa shape index (κ2) is 13.3. The Labute approximate surface area is 238 Å². The topological polar surface area (TPSA) is 103 Å². The van der Waals surface area contributed by atoms with Gasteiger partial charge in [-0.25, -0.2) is 9.59 Å². The van der Waals surface area contributed by atoms with Crippen molar-refractivity contribution in [2.24, 2.45) is 0 Å². The van der Waals surface area contributed by atoms with E-state index in [0.717, 1.165) is 49.7 Å². The minimum Gasteiger partial charge on any atom is -0.459 e. The number of carbonyl (C=O) groups excluding carboxylic acids is 2. The molecule has 0 saturated carbocycles. The largest absolute Gasteiger partial charge is 0.459 e. The van der Waals surface area contributed by atoms with E-state index in [4.69, 9.17) is 28.4 Å². The Balaban J connectivity index is 1.29. The van der Waals surface area contributed by atoms with E-state index in [2.05, 4.69) is 13.8 Å². The molecule has 5 rings (SSSR count). The van der Waals surface area contributed by atoms with E-state index in [1.807, 2.05) is 19.9 Å². The van der Waals surface area contributed by atoms with Crippen molar-refractivity contribution >= 4 is 11.9 Å². The summed E-state index contributed by atoms with van der Waals surface area (Å²) in [7, 11) is 0. The number of hydrogen-bond donors (Lipinski definition) is 0. The van der Waals surface area contributed by atoms with Gasteiger partial charge in [-0.3, -0.25) is 0 Å². The molecule has 222 valence electrons. The zero-order chi connectivity index (χ0) is 28.2. The Hall–Kier alpha value is -2.00. The predicted octanol–water partition coefficient (Wildman–Crippen LogP) is 5.36. The van der Waals surface area contributed by atoms with Crippen molar-refractivity contribution in [3.05, 3.63) is 34.4 Å². The molecular weight excluding hydrogens is 512 g/mol. The van der Waals surface area contributed by atoms with Crippen molar-refractivity contribution in [1.82, 2.24) is 0 Å². The normalized spacial score (nSPS) is 31.5. The molecule has 0 spiro atoms. The molecule has 4 heterocycles. The van der Waals surface area contributed by atoms with E-state index < -0.39 is 11.9 Å². The van der Waals surface area contributed by atoms with Gasteiger partial charge in [-0.1, -0.05) is 58.4 Å². The van der Waals surface area contributed by atoms with E-state index >= 15 is 0 Å². The Bertz CT molecular complexity index is 1040. The van der Waals surface area contributed by atoms with Gasteiger partial charge in [-0.15, -0.1) is 0 Å². The third-order valence-corrected chi connectivity index (χ3v) is 8.65. The van der Waals surface area contributed by atoms with Gasteiger partial charge in [0.2, 0.25) is 0 Å². The van der Waals surface area contributed by atoms with E-state index in [9.17, 15) is 9.59 Å². The lowest BCUT2D eigenvalue weighted by atomic mass is 9.89. The third-order valence-electron chi connectivity index (χ3n) is 8.65. The fourth-order valence-corrected chi connectivity index (χ4v) is 5.64. The average molecular weight is 559 g/mol. The predicted molar refractivity (Wildman–Crippen MR) is 149 cm³/mol. The highest BCUT2D eigenvalue weighted by molar-refractivity contribution is 6.04. The maximum Gasteiger partial charge on any atom is 0.339 e. The van der Waals surface area contributed by atoms with Crippen LogP contribution in [0.25, 0.3) is 0 Å². The van der Waals surface area contributed by atoms with Crippen LogP contribution in [0.2, 0.25) is 0 Å². The first-order valence-corrected chi connectivity index (χ1v) is 15.5. The summed E-state index contributed by atoms with van der Waals surface area (Å²) >= 11 is 0. The van der Waals surface area contributed by atoms with Crippen LogP contribution >= 0.6 is 0 Å². The van der Waals surface area contributed by atoms with Crippen LogP contribution in [-0.4, -0.2) is 74.0 Å². The lowest BCUT2D eigenvalue weighted by Gasteiger charge is -2.17. The third kappa shape index (κ3) is 7.84. The summed E-state index contributed by atoms with van der Waals surface area (Å²) in [5.41, 5.74) is 2.31. The molecular formula is C32H46O8. The molecule has 8 heteroatoms. The zero-order valence-corrected chi connectivity index (χ0v) is 24.5. The Kier molecular flexibility index (Phi) is 9.82. The maximum atomic E-state index is 13.7. The van der Waals surface area contributed by atoms with Crippen molar-refractivity contribution in [2.45, 2.75) is 141 Å². The second-order valence-corrected chi connectivity index (χ2v) is 11.9. The SMILES string of the molecule is CCCCCC1OC1COC(=O)c1ccc(CC2OC2C)c(CC2OC2C)c1C(=O)OCC1OC1CCCCC. The van der Waals surface area contributed by atoms with Crippen LogP contribution in [0.15, 0.2) is 12.1 Å². The van der Waals surface area contributed by atoms with Crippen LogP contribution < -0.4 is 0 Å². The molecule has 0 aliphatic carbocycles. The summed E-state index contributed by atoms with van der Waals surface area (Å²) < 4.78 is 34.3. The van der Waals surface area contributed by atoms with Crippen LogP contribution in [0.5, 0.6) is 0 Å². The lowest BCUT2D eigenvalue weighted by molar-refractivity contribution is 0.0429. The molecule has 1 aromatic rings. The minimum absolute atomic E-state index is 0.00701. The highest BCUT2D eigenvalue weighted by atomic mass is 16.6. The van der Waals surface area contributed by atoms with Gasteiger partial charge < -0.3 is 28.4 Å². The molecule has 0 aromatic heterocycles. The lowest BCUT2D eigenvalue weighted by Crippen LogP contribution is -2.22. The Morgan fingerprint density at radius 2 is 1.20 bits per heavy atom. The molecule has 0 bridgehead atoms. The van der Waals surface area contributed by atoms with Gasteiger partial charge in [-0.2, -0.15) is 0 Å². The molecule has 8 nitrogen and oxygen atoms in total. The molecule has 1 aromatic carbocycles. The Morgan fingerprint density at radius 3 is 1.73 bits per heavy atom. The molecule has 0 amide bonds. The summed E-state index contributed by atoms with van der Waals surface area (Å²) in [4.78, 5) is 27.0. The first kappa shape index (κ1) is 29.5. The molecule has 4 aliphatic rings. The smallest absolute Gasteiger partial charge is 0.339 e. The van der Waals surface area contributed by atoms with E-state index in [1.54, 1.807) is 6.07 Å². The fourth-order valence-electron chi connectivity index (χ4n) is 5.64. The monoisotopic (exact) mass is 558 g/mol. The van der Waals surface area contributed by atoms with Crippen molar-refractivity contribution in [1.29, 1.82) is 0 Å². The summed E-state index contributed by atoms with van der Waals surface area (Å²) in [6.45, 7) is 8.78.